The number of benzene rings is 2. The van der Waals surface area contributed by atoms with E-state index < -0.39 is 0 Å². The van der Waals surface area contributed by atoms with Crippen LogP contribution < -0.4 is 10.6 Å². The Bertz CT molecular complexity index is 903. The smallest absolute Gasteiger partial charge is 0.338 e. The molecule has 30 heavy (non-hydrogen) atoms. The van der Waals surface area contributed by atoms with Crippen LogP contribution in [0, 0.1) is 6.92 Å². The molecule has 1 saturated heterocycles. The van der Waals surface area contributed by atoms with Gasteiger partial charge in [-0.05, 0) is 63.1 Å². The van der Waals surface area contributed by atoms with Gasteiger partial charge in [0.15, 0.2) is 0 Å². The van der Waals surface area contributed by atoms with E-state index in [1.807, 2.05) is 25.1 Å². The molecule has 1 aliphatic heterocycles. The van der Waals surface area contributed by atoms with Crippen molar-refractivity contribution in [3.05, 3.63) is 65.2 Å². The first-order valence-electron chi connectivity index (χ1n) is 10.1. The van der Waals surface area contributed by atoms with Gasteiger partial charge in [0.05, 0.1) is 24.8 Å². The van der Waals surface area contributed by atoms with Gasteiger partial charge in [0.1, 0.15) is 0 Å². The second-order valence-corrected chi connectivity index (χ2v) is 7.07. The third-order valence-corrected chi connectivity index (χ3v) is 4.65. The number of carbonyl (C=O) groups excluding carboxylic acids is 2. The summed E-state index contributed by atoms with van der Waals surface area (Å²) < 4.78 is 10.6. The molecule has 7 heteroatoms. The fourth-order valence-corrected chi connectivity index (χ4v) is 3.10. The van der Waals surface area contributed by atoms with Gasteiger partial charge in [-0.1, -0.05) is 17.7 Å². The zero-order valence-electron chi connectivity index (χ0n) is 17.3. The summed E-state index contributed by atoms with van der Waals surface area (Å²) in [7, 11) is 0. The highest BCUT2D eigenvalue weighted by Crippen LogP contribution is 2.13. The Labute approximate surface area is 176 Å². The summed E-state index contributed by atoms with van der Waals surface area (Å²) in [6, 6.07) is 14.2. The Hall–Kier alpha value is -3.19. The summed E-state index contributed by atoms with van der Waals surface area (Å²) in [6.07, 6.45) is 2.04. The van der Waals surface area contributed by atoms with Gasteiger partial charge in [-0.2, -0.15) is 0 Å². The number of aliphatic imine (C=N–C) groups is 1. The zero-order chi connectivity index (χ0) is 21.3. The maximum atomic E-state index is 12.7. The standard InChI is InChI=1S/C23H27N3O4/c1-3-29-22(28)17-9-11-19(12-10-17)25-23(24-15-20-8-5-13-30-20)26-21(27)18-7-4-6-16(2)14-18/h4,6-7,9-12,14,20H,3,5,8,13,15H2,1-2H3,(H2,24,25,26,27)/t20-/m1/s1. The van der Waals surface area contributed by atoms with Gasteiger partial charge >= 0.3 is 5.97 Å². The average Bonchev–Trinajstić information content (AvgIpc) is 3.26. The van der Waals surface area contributed by atoms with Crippen molar-refractivity contribution in [2.75, 3.05) is 25.1 Å². The van der Waals surface area contributed by atoms with Crippen molar-refractivity contribution in [2.24, 2.45) is 4.99 Å². The molecule has 2 aromatic rings. The highest BCUT2D eigenvalue weighted by Gasteiger charge is 2.16. The minimum Gasteiger partial charge on any atom is -0.462 e. The minimum atomic E-state index is -0.371. The third kappa shape index (κ3) is 6.15. The zero-order valence-corrected chi connectivity index (χ0v) is 17.3. The van der Waals surface area contributed by atoms with E-state index in [-0.39, 0.29) is 18.0 Å². The fourth-order valence-electron chi connectivity index (χ4n) is 3.10. The molecule has 7 nitrogen and oxygen atoms in total. The molecule has 1 heterocycles. The van der Waals surface area contributed by atoms with Crippen molar-refractivity contribution in [3.63, 3.8) is 0 Å². The second kappa shape index (κ2) is 10.5. The lowest BCUT2D eigenvalue weighted by atomic mass is 10.1. The number of carbonyl (C=O) groups is 2. The van der Waals surface area contributed by atoms with Crippen LogP contribution in [-0.2, 0) is 9.47 Å². The van der Waals surface area contributed by atoms with Crippen LogP contribution in [0.2, 0.25) is 0 Å². The van der Waals surface area contributed by atoms with Gasteiger partial charge in [0.25, 0.3) is 5.91 Å². The number of amides is 1. The molecular formula is C23H27N3O4. The Morgan fingerprint density at radius 1 is 1.17 bits per heavy atom. The normalized spacial score (nSPS) is 16.2. The third-order valence-electron chi connectivity index (χ3n) is 4.65. The van der Waals surface area contributed by atoms with Gasteiger partial charge < -0.3 is 14.8 Å². The highest BCUT2D eigenvalue weighted by molar-refractivity contribution is 6.10. The van der Waals surface area contributed by atoms with Crippen LogP contribution in [0.5, 0.6) is 0 Å². The van der Waals surface area contributed by atoms with Crippen molar-refractivity contribution >= 4 is 23.5 Å². The molecule has 0 aromatic heterocycles. The minimum absolute atomic E-state index is 0.0591. The molecule has 1 atom stereocenters. The predicted molar refractivity (Wildman–Crippen MR) is 116 cm³/mol. The van der Waals surface area contributed by atoms with Crippen LogP contribution in [-0.4, -0.2) is 43.7 Å². The van der Waals surface area contributed by atoms with Crippen molar-refractivity contribution < 1.29 is 19.1 Å². The van der Waals surface area contributed by atoms with E-state index >= 15 is 0 Å². The molecular weight excluding hydrogens is 382 g/mol. The van der Waals surface area contributed by atoms with E-state index in [0.29, 0.717) is 35.9 Å². The first kappa shape index (κ1) is 21.5. The number of nitrogens with one attached hydrogen (secondary N) is 2. The van der Waals surface area contributed by atoms with E-state index in [2.05, 4.69) is 15.6 Å². The summed E-state index contributed by atoms with van der Waals surface area (Å²) >= 11 is 0. The van der Waals surface area contributed by atoms with Crippen LogP contribution in [0.25, 0.3) is 0 Å². The lowest BCUT2D eigenvalue weighted by Crippen LogP contribution is -2.36. The molecule has 1 amide bonds. The molecule has 0 aliphatic carbocycles. The SMILES string of the molecule is CCOC(=O)c1ccc(NC(=NC[C@H]2CCCO2)NC(=O)c2cccc(C)c2)cc1. The molecule has 0 bridgehead atoms. The molecule has 0 saturated carbocycles. The van der Waals surface area contributed by atoms with E-state index in [1.54, 1.807) is 37.3 Å². The Balaban J connectivity index is 1.72. The number of rotatable bonds is 6. The Morgan fingerprint density at radius 2 is 1.97 bits per heavy atom. The average molecular weight is 409 g/mol. The number of ether oxygens (including phenoxy) is 2. The fraction of sp³-hybridized carbons (Fsp3) is 0.348. The largest absolute Gasteiger partial charge is 0.462 e. The van der Waals surface area contributed by atoms with Crippen LogP contribution >= 0.6 is 0 Å². The van der Waals surface area contributed by atoms with Crippen LogP contribution in [0.1, 0.15) is 46.0 Å². The lowest BCUT2D eigenvalue weighted by Gasteiger charge is -2.14. The Morgan fingerprint density at radius 3 is 2.63 bits per heavy atom. The molecule has 0 radical (unpaired) electrons. The Kier molecular flexibility index (Phi) is 7.57. The van der Waals surface area contributed by atoms with E-state index in [1.165, 1.54) is 0 Å². The summed E-state index contributed by atoms with van der Waals surface area (Å²) in [5, 5.41) is 5.97. The summed E-state index contributed by atoms with van der Waals surface area (Å²) in [4.78, 5) is 29.0. The molecule has 0 unspecified atom stereocenters. The monoisotopic (exact) mass is 409 g/mol. The topological polar surface area (TPSA) is 89.0 Å². The molecule has 1 aliphatic rings. The van der Waals surface area contributed by atoms with E-state index in [0.717, 1.165) is 25.0 Å². The van der Waals surface area contributed by atoms with E-state index in [9.17, 15) is 9.59 Å². The number of hydrogen-bond donors (Lipinski definition) is 2. The highest BCUT2D eigenvalue weighted by atomic mass is 16.5. The molecule has 0 spiro atoms. The summed E-state index contributed by atoms with van der Waals surface area (Å²) in [6.45, 7) is 5.23. The number of aryl methyl sites for hydroxylation is 1. The quantitative estimate of drug-likeness (QED) is 0.433. The number of nitrogens with zero attached hydrogens (tertiary/aromatic N) is 1. The molecule has 2 N–H and O–H groups in total. The first-order valence-corrected chi connectivity index (χ1v) is 10.1. The van der Waals surface area contributed by atoms with Crippen molar-refractivity contribution in [1.29, 1.82) is 0 Å². The molecule has 2 aromatic carbocycles. The van der Waals surface area contributed by atoms with Gasteiger partial charge in [0, 0.05) is 17.9 Å². The summed E-state index contributed by atoms with van der Waals surface area (Å²) in [5.41, 5.74) is 2.71. The first-order chi connectivity index (χ1) is 14.5. The van der Waals surface area contributed by atoms with Crippen molar-refractivity contribution in [2.45, 2.75) is 32.8 Å². The molecule has 3 rings (SSSR count). The number of hydrogen-bond acceptors (Lipinski definition) is 5. The van der Waals surface area contributed by atoms with Gasteiger partial charge in [0.2, 0.25) is 5.96 Å². The number of esters is 1. The number of anilines is 1. The van der Waals surface area contributed by atoms with Crippen LogP contribution in [0.3, 0.4) is 0 Å². The van der Waals surface area contributed by atoms with Crippen molar-refractivity contribution in [1.82, 2.24) is 5.32 Å². The van der Waals surface area contributed by atoms with Crippen molar-refractivity contribution in [3.8, 4) is 0 Å². The van der Waals surface area contributed by atoms with Crippen LogP contribution in [0.15, 0.2) is 53.5 Å². The molecule has 1 fully saturated rings. The van der Waals surface area contributed by atoms with E-state index in [4.69, 9.17) is 9.47 Å². The second-order valence-electron chi connectivity index (χ2n) is 7.07. The maximum absolute atomic E-state index is 12.7. The van der Waals surface area contributed by atoms with Crippen LogP contribution in [0.4, 0.5) is 5.69 Å². The van der Waals surface area contributed by atoms with Gasteiger partial charge in [-0.15, -0.1) is 0 Å². The predicted octanol–water partition coefficient (Wildman–Crippen LogP) is 3.55. The molecule has 158 valence electrons. The maximum Gasteiger partial charge on any atom is 0.338 e. The summed E-state index contributed by atoms with van der Waals surface area (Å²) in [5.74, 6) is -0.287. The lowest BCUT2D eigenvalue weighted by molar-refractivity contribution is 0.0526. The van der Waals surface area contributed by atoms with Gasteiger partial charge in [-0.25, -0.2) is 9.79 Å². The number of guanidine groups is 1. The van der Waals surface area contributed by atoms with Gasteiger partial charge in [-0.3, -0.25) is 10.1 Å².